The van der Waals surface area contributed by atoms with E-state index in [4.69, 9.17) is 4.74 Å². The molecular formula is C34H40N4O4. The van der Waals surface area contributed by atoms with Crippen LogP contribution in [0.1, 0.15) is 43.1 Å². The number of hydrogen-bond donors (Lipinski definition) is 3. The summed E-state index contributed by atoms with van der Waals surface area (Å²) in [4.78, 5) is 43.1. The van der Waals surface area contributed by atoms with Crippen molar-refractivity contribution in [1.82, 2.24) is 20.9 Å². The van der Waals surface area contributed by atoms with Crippen LogP contribution in [-0.2, 0) is 20.8 Å². The van der Waals surface area contributed by atoms with Gasteiger partial charge in [-0.2, -0.15) is 0 Å². The first-order valence-electron chi connectivity index (χ1n) is 14.3. The third-order valence-electron chi connectivity index (χ3n) is 7.19. The smallest absolute Gasteiger partial charge is 0.247 e. The molecule has 220 valence electrons. The Balaban J connectivity index is 1.75. The molecule has 0 fully saturated rings. The Bertz CT molecular complexity index is 1360. The van der Waals surface area contributed by atoms with E-state index in [1.807, 2.05) is 106 Å². The largest absolute Gasteiger partial charge is 0.483 e. The van der Waals surface area contributed by atoms with E-state index in [9.17, 15) is 14.4 Å². The fourth-order valence-electron chi connectivity index (χ4n) is 4.94. The predicted molar refractivity (Wildman–Crippen MR) is 164 cm³/mol. The van der Waals surface area contributed by atoms with Crippen LogP contribution in [0.5, 0.6) is 5.75 Å². The lowest BCUT2D eigenvalue weighted by molar-refractivity contribution is -0.135. The molecule has 2 bridgehead atoms. The summed E-state index contributed by atoms with van der Waals surface area (Å²) in [6.07, 6.45) is 3.36. The normalized spacial score (nSPS) is 20.7. The van der Waals surface area contributed by atoms with Gasteiger partial charge >= 0.3 is 0 Å². The number of ether oxygens (including phenoxy) is 1. The van der Waals surface area contributed by atoms with E-state index in [1.165, 1.54) is 0 Å². The number of amides is 3. The molecule has 8 nitrogen and oxygen atoms in total. The van der Waals surface area contributed by atoms with Gasteiger partial charge in [-0.05, 0) is 67.8 Å². The fourth-order valence-corrected chi connectivity index (χ4v) is 4.94. The molecule has 2 aliphatic heterocycles. The van der Waals surface area contributed by atoms with Crippen molar-refractivity contribution in [1.29, 1.82) is 0 Å². The van der Waals surface area contributed by atoms with E-state index >= 15 is 0 Å². The van der Waals surface area contributed by atoms with Gasteiger partial charge in [0.15, 0.2) is 6.10 Å². The Morgan fingerprint density at radius 2 is 1.55 bits per heavy atom. The molecule has 3 aromatic carbocycles. The highest BCUT2D eigenvalue weighted by Crippen LogP contribution is 2.27. The monoisotopic (exact) mass is 568 g/mol. The average Bonchev–Trinajstić information content (AvgIpc) is 2.98. The topological polar surface area (TPSA) is 99.8 Å². The van der Waals surface area contributed by atoms with Crippen molar-refractivity contribution in [2.45, 2.75) is 50.9 Å². The highest BCUT2D eigenvalue weighted by Gasteiger charge is 2.37. The summed E-state index contributed by atoms with van der Waals surface area (Å²) in [5, 5.41) is 8.74. The molecule has 0 saturated carbocycles. The molecule has 0 radical (unpaired) electrons. The summed E-state index contributed by atoms with van der Waals surface area (Å²) in [5.74, 6) is -0.486. The molecule has 5 rings (SSSR count). The third kappa shape index (κ3) is 8.30. The molecule has 3 aromatic rings. The molecule has 0 spiro atoms. The summed E-state index contributed by atoms with van der Waals surface area (Å²) >= 11 is 0. The summed E-state index contributed by atoms with van der Waals surface area (Å²) in [6, 6.07) is 23.9. The van der Waals surface area contributed by atoms with E-state index in [2.05, 4.69) is 16.0 Å². The van der Waals surface area contributed by atoms with Gasteiger partial charge < -0.3 is 20.7 Å². The SMILES string of the molecule is CC(C)CC1NC(=O)C(NC(=O)C(Cc2ccccc2)N(C)C)C(c2ccccc2)Oc2ccc(cc2)/C=C\NC1=O. The van der Waals surface area contributed by atoms with Gasteiger partial charge in [0.1, 0.15) is 17.8 Å². The number of carbonyl (C=O) groups excluding carboxylic acids is 3. The first kappa shape index (κ1) is 30.5. The van der Waals surface area contributed by atoms with Crippen molar-refractivity contribution in [3.8, 4) is 5.75 Å². The van der Waals surface area contributed by atoms with Crippen LogP contribution in [0, 0.1) is 5.92 Å². The van der Waals surface area contributed by atoms with Crippen LogP contribution in [0.4, 0.5) is 0 Å². The van der Waals surface area contributed by atoms with Crippen molar-refractivity contribution in [2.24, 2.45) is 5.92 Å². The predicted octanol–water partition coefficient (Wildman–Crippen LogP) is 4.10. The van der Waals surface area contributed by atoms with Crippen LogP contribution in [-0.4, -0.2) is 54.8 Å². The minimum absolute atomic E-state index is 0.133. The first-order valence-corrected chi connectivity index (χ1v) is 14.3. The molecule has 2 heterocycles. The zero-order valence-electron chi connectivity index (χ0n) is 24.6. The molecule has 0 saturated heterocycles. The molecule has 0 aliphatic carbocycles. The Labute approximate surface area is 248 Å². The van der Waals surface area contributed by atoms with Crippen LogP contribution < -0.4 is 20.7 Å². The number of nitrogens with zero attached hydrogens (tertiary/aromatic N) is 1. The molecule has 2 aliphatic rings. The number of likely N-dealkylation sites (N-methyl/N-ethyl adjacent to an activating group) is 1. The number of benzene rings is 3. The van der Waals surface area contributed by atoms with Crippen molar-refractivity contribution >= 4 is 23.8 Å². The second kappa shape index (κ2) is 14.5. The molecular weight excluding hydrogens is 528 g/mol. The summed E-state index contributed by atoms with van der Waals surface area (Å²) < 4.78 is 6.47. The van der Waals surface area contributed by atoms with Crippen LogP contribution in [0.15, 0.2) is 91.1 Å². The fraction of sp³-hybridized carbons (Fsp3) is 0.324. The molecule has 3 amide bonds. The van der Waals surface area contributed by atoms with Gasteiger partial charge in [0.2, 0.25) is 17.7 Å². The summed E-state index contributed by atoms with van der Waals surface area (Å²) in [5.41, 5.74) is 2.59. The lowest BCUT2D eigenvalue weighted by Gasteiger charge is -2.32. The number of carbonyl (C=O) groups is 3. The second-order valence-corrected chi connectivity index (χ2v) is 11.2. The Morgan fingerprint density at radius 1 is 0.905 bits per heavy atom. The van der Waals surface area contributed by atoms with Crippen molar-refractivity contribution in [3.05, 3.63) is 108 Å². The maximum Gasteiger partial charge on any atom is 0.247 e. The highest BCUT2D eigenvalue weighted by molar-refractivity contribution is 5.94. The van der Waals surface area contributed by atoms with Gasteiger partial charge in [-0.3, -0.25) is 19.3 Å². The van der Waals surface area contributed by atoms with Crippen LogP contribution in [0.25, 0.3) is 6.08 Å². The van der Waals surface area contributed by atoms with Gasteiger partial charge in [0, 0.05) is 6.20 Å². The van der Waals surface area contributed by atoms with Gasteiger partial charge in [-0.25, -0.2) is 0 Å². The standard InChI is InChI=1S/C34H40N4O4/c1-23(2)21-28-32(39)35-20-19-24-15-17-27(18-16-24)42-31(26-13-9-6-10-14-26)30(34(41)36-28)37-33(40)29(38(3)4)22-25-11-7-5-8-12-25/h5-20,23,28-31H,21-22H2,1-4H3,(H,35,39)(H,36,41)(H,37,40)/b20-19-. The van der Waals surface area contributed by atoms with Crippen molar-refractivity contribution in [2.75, 3.05) is 14.1 Å². The lowest BCUT2D eigenvalue weighted by Crippen LogP contribution is -2.58. The quantitative estimate of drug-likeness (QED) is 0.380. The van der Waals surface area contributed by atoms with Gasteiger partial charge in [0.05, 0.1) is 6.04 Å². The molecule has 3 N–H and O–H groups in total. The zero-order chi connectivity index (χ0) is 30.1. The molecule has 4 unspecified atom stereocenters. The maximum absolute atomic E-state index is 14.1. The van der Waals surface area contributed by atoms with Crippen molar-refractivity contribution < 1.29 is 19.1 Å². The number of rotatable bonds is 8. The minimum atomic E-state index is -1.14. The molecule has 4 atom stereocenters. The number of nitrogens with one attached hydrogen (secondary N) is 3. The van der Waals surface area contributed by atoms with E-state index in [0.717, 1.165) is 11.1 Å². The first-order chi connectivity index (χ1) is 20.2. The van der Waals surface area contributed by atoms with Gasteiger partial charge in [-0.15, -0.1) is 0 Å². The lowest BCUT2D eigenvalue weighted by atomic mass is 9.97. The van der Waals surface area contributed by atoms with Crippen LogP contribution in [0.2, 0.25) is 0 Å². The third-order valence-corrected chi connectivity index (χ3v) is 7.19. The van der Waals surface area contributed by atoms with E-state index in [1.54, 1.807) is 24.4 Å². The second-order valence-electron chi connectivity index (χ2n) is 11.2. The van der Waals surface area contributed by atoms with E-state index in [-0.39, 0.29) is 17.7 Å². The summed E-state index contributed by atoms with van der Waals surface area (Å²) in [6.45, 7) is 3.98. The van der Waals surface area contributed by atoms with Crippen LogP contribution >= 0.6 is 0 Å². The average molecular weight is 569 g/mol. The zero-order valence-corrected chi connectivity index (χ0v) is 24.6. The highest BCUT2D eigenvalue weighted by atomic mass is 16.5. The van der Waals surface area contributed by atoms with E-state index in [0.29, 0.717) is 24.2 Å². The van der Waals surface area contributed by atoms with Gasteiger partial charge in [0.25, 0.3) is 0 Å². The number of hydrogen-bond acceptors (Lipinski definition) is 5. The molecule has 0 aromatic heterocycles. The minimum Gasteiger partial charge on any atom is -0.483 e. The number of fused-ring (bicyclic) bond motifs is 10. The van der Waals surface area contributed by atoms with Crippen LogP contribution in [0.3, 0.4) is 0 Å². The van der Waals surface area contributed by atoms with E-state index < -0.39 is 30.1 Å². The van der Waals surface area contributed by atoms with Crippen molar-refractivity contribution in [3.63, 3.8) is 0 Å². The Hall–Kier alpha value is -4.43. The maximum atomic E-state index is 14.1. The Kier molecular flexibility index (Phi) is 10.5. The summed E-state index contributed by atoms with van der Waals surface area (Å²) in [7, 11) is 3.67. The van der Waals surface area contributed by atoms with Gasteiger partial charge in [-0.1, -0.05) is 86.6 Å². The molecule has 8 heteroatoms. The Morgan fingerprint density at radius 3 is 2.17 bits per heavy atom. The molecule has 42 heavy (non-hydrogen) atoms.